The van der Waals surface area contributed by atoms with Crippen molar-refractivity contribution >= 4 is 0 Å². The van der Waals surface area contributed by atoms with Crippen LogP contribution >= 0.6 is 0 Å². The third kappa shape index (κ3) is 3.88. The molecule has 2 aromatic carbocycles. The quantitative estimate of drug-likeness (QED) is 0.683. The van der Waals surface area contributed by atoms with E-state index in [-0.39, 0.29) is 6.10 Å². The van der Waals surface area contributed by atoms with E-state index in [0.29, 0.717) is 6.61 Å². The fourth-order valence-electron chi connectivity index (χ4n) is 3.52. The molecule has 0 aliphatic carbocycles. The average Bonchev–Trinajstić information content (AvgIpc) is 3.17. The van der Waals surface area contributed by atoms with Gasteiger partial charge in [-0.05, 0) is 18.2 Å². The summed E-state index contributed by atoms with van der Waals surface area (Å²) in [5.41, 5.74) is 3.05. The number of nitrogens with zero attached hydrogens (tertiary/aromatic N) is 2. The van der Waals surface area contributed by atoms with Crippen LogP contribution in [0.2, 0.25) is 0 Å². The molecule has 2 heterocycles. The third-order valence-electron chi connectivity index (χ3n) is 4.97. The van der Waals surface area contributed by atoms with Crippen molar-refractivity contribution < 1.29 is 14.2 Å². The number of hydrogen-bond donors (Lipinski definition) is 1. The molecule has 0 fully saturated rings. The topological polar surface area (TPSA) is 57.5 Å². The lowest BCUT2D eigenvalue weighted by Gasteiger charge is -2.24. The van der Waals surface area contributed by atoms with Gasteiger partial charge in [0.1, 0.15) is 23.9 Å². The Labute approximate surface area is 165 Å². The molecule has 3 aromatic rings. The molecule has 1 aliphatic rings. The molecule has 6 heteroatoms. The van der Waals surface area contributed by atoms with Crippen molar-refractivity contribution in [3.8, 4) is 22.8 Å². The predicted octanol–water partition coefficient (Wildman–Crippen LogP) is 3.26. The Morgan fingerprint density at radius 3 is 2.64 bits per heavy atom. The van der Waals surface area contributed by atoms with Crippen LogP contribution in [0.3, 0.4) is 0 Å². The van der Waals surface area contributed by atoms with Gasteiger partial charge in [-0.25, -0.2) is 4.98 Å². The Kier molecular flexibility index (Phi) is 5.60. The summed E-state index contributed by atoms with van der Waals surface area (Å²) < 4.78 is 19.0. The summed E-state index contributed by atoms with van der Waals surface area (Å²) in [4.78, 5) is 4.74. The number of para-hydroxylation sites is 2. The van der Waals surface area contributed by atoms with E-state index in [1.165, 1.54) is 0 Å². The first kappa shape index (κ1) is 18.5. The minimum atomic E-state index is 0.0990. The van der Waals surface area contributed by atoms with Crippen LogP contribution in [0.1, 0.15) is 11.4 Å². The molecule has 6 nitrogen and oxygen atoms in total. The summed E-state index contributed by atoms with van der Waals surface area (Å²) in [5.74, 6) is 2.67. The lowest BCUT2D eigenvalue weighted by molar-refractivity contribution is 0.00276. The van der Waals surface area contributed by atoms with Crippen LogP contribution in [0.15, 0.2) is 54.7 Å². The molecular weight excluding hydrogens is 354 g/mol. The number of aromatic nitrogens is 2. The van der Waals surface area contributed by atoms with E-state index in [4.69, 9.17) is 19.2 Å². The van der Waals surface area contributed by atoms with Crippen molar-refractivity contribution in [3.05, 3.63) is 66.1 Å². The van der Waals surface area contributed by atoms with Crippen LogP contribution < -0.4 is 14.8 Å². The van der Waals surface area contributed by atoms with E-state index in [1.807, 2.05) is 42.5 Å². The number of hydrogen-bond acceptors (Lipinski definition) is 5. The highest BCUT2D eigenvalue weighted by Crippen LogP contribution is 2.30. The molecule has 0 saturated carbocycles. The van der Waals surface area contributed by atoms with Crippen molar-refractivity contribution in [2.45, 2.75) is 25.8 Å². The van der Waals surface area contributed by atoms with E-state index in [2.05, 4.69) is 22.1 Å². The van der Waals surface area contributed by atoms with Gasteiger partial charge in [0.15, 0.2) is 0 Å². The van der Waals surface area contributed by atoms with Crippen LogP contribution in [0.25, 0.3) is 11.3 Å². The second kappa shape index (κ2) is 8.46. The van der Waals surface area contributed by atoms with Crippen molar-refractivity contribution in [1.29, 1.82) is 0 Å². The van der Waals surface area contributed by atoms with Gasteiger partial charge < -0.3 is 24.1 Å². The molecule has 28 heavy (non-hydrogen) atoms. The molecule has 1 aliphatic heterocycles. The summed E-state index contributed by atoms with van der Waals surface area (Å²) in [6.07, 6.45) is 2.19. The molecule has 1 aromatic heterocycles. The van der Waals surface area contributed by atoms with Gasteiger partial charge in [-0.2, -0.15) is 0 Å². The van der Waals surface area contributed by atoms with Crippen LogP contribution in [-0.2, 0) is 24.4 Å². The van der Waals surface area contributed by atoms with Crippen molar-refractivity contribution in [2.24, 2.45) is 0 Å². The van der Waals surface area contributed by atoms with E-state index >= 15 is 0 Å². The fraction of sp³-hybridized carbons (Fsp3) is 0.318. The first-order valence-electron chi connectivity index (χ1n) is 9.42. The Morgan fingerprint density at radius 1 is 1.07 bits per heavy atom. The molecule has 0 radical (unpaired) electrons. The summed E-state index contributed by atoms with van der Waals surface area (Å²) in [7, 11) is 3.38. The van der Waals surface area contributed by atoms with Gasteiger partial charge in [0, 0.05) is 30.4 Å². The average molecular weight is 379 g/mol. The zero-order chi connectivity index (χ0) is 19.3. The molecule has 0 spiro atoms. The molecule has 4 rings (SSSR count). The van der Waals surface area contributed by atoms with E-state index < -0.39 is 0 Å². The maximum absolute atomic E-state index is 6.00. The van der Waals surface area contributed by atoms with Gasteiger partial charge >= 0.3 is 0 Å². The van der Waals surface area contributed by atoms with Crippen molar-refractivity contribution in [1.82, 2.24) is 14.9 Å². The van der Waals surface area contributed by atoms with Gasteiger partial charge in [-0.1, -0.05) is 30.3 Å². The number of methoxy groups -OCH3 is 2. The highest BCUT2D eigenvalue weighted by Gasteiger charge is 2.22. The normalized spacial score (nSPS) is 15.9. The van der Waals surface area contributed by atoms with E-state index in [9.17, 15) is 0 Å². The summed E-state index contributed by atoms with van der Waals surface area (Å²) in [5, 5.41) is 3.47. The Hall–Kier alpha value is -2.83. The summed E-state index contributed by atoms with van der Waals surface area (Å²) >= 11 is 0. The van der Waals surface area contributed by atoms with Crippen molar-refractivity contribution in [3.63, 3.8) is 0 Å². The van der Waals surface area contributed by atoms with Crippen LogP contribution in [0, 0.1) is 0 Å². The van der Waals surface area contributed by atoms with Gasteiger partial charge in [0.05, 0.1) is 32.6 Å². The van der Waals surface area contributed by atoms with Gasteiger partial charge in [0.2, 0.25) is 0 Å². The Morgan fingerprint density at radius 2 is 1.82 bits per heavy atom. The van der Waals surface area contributed by atoms with Crippen molar-refractivity contribution in [2.75, 3.05) is 20.8 Å². The van der Waals surface area contributed by atoms with Gasteiger partial charge in [-0.3, -0.25) is 0 Å². The predicted molar refractivity (Wildman–Crippen MR) is 107 cm³/mol. The first-order valence-corrected chi connectivity index (χ1v) is 9.42. The largest absolute Gasteiger partial charge is 0.496 e. The molecule has 1 N–H and O–H groups in total. The summed E-state index contributed by atoms with van der Waals surface area (Å²) in [6, 6.07) is 16.0. The Bertz CT molecular complexity index is 938. The lowest BCUT2D eigenvalue weighted by atomic mass is 10.1. The maximum Gasteiger partial charge on any atom is 0.135 e. The molecule has 0 amide bonds. The van der Waals surface area contributed by atoms with Crippen LogP contribution in [0.5, 0.6) is 11.5 Å². The number of ether oxygens (including phenoxy) is 3. The molecular formula is C22H25N3O3. The van der Waals surface area contributed by atoms with Gasteiger partial charge in [0.25, 0.3) is 0 Å². The highest BCUT2D eigenvalue weighted by molar-refractivity contribution is 5.66. The minimum Gasteiger partial charge on any atom is -0.496 e. The summed E-state index contributed by atoms with van der Waals surface area (Å²) in [6.45, 7) is 2.79. The smallest absolute Gasteiger partial charge is 0.135 e. The second-order valence-corrected chi connectivity index (χ2v) is 6.77. The third-order valence-corrected chi connectivity index (χ3v) is 4.97. The lowest BCUT2D eigenvalue weighted by Crippen LogP contribution is -2.36. The van der Waals surface area contributed by atoms with E-state index in [1.54, 1.807) is 14.2 Å². The zero-order valence-corrected chi connectivity index (χ0v) is 16.2. The number of rotatable bonds is 7. The second-order valence-electron chi connectivity index (χ2n) is 6.77. The molecule has 146 valence electrons. The first-order chi connectivity index (χ1) is 13.8. The molecule has 1 atom stereocenters. The molecule has 0 bridgehead atoms. The molecule has 0 saturated heterocycles. The monoisotopic (exact) mass is 379 g/mol. The Balaban J connectivity index is 1.39. The van der Waals surface area contributed by atoms with Gasteiger partial charge in [-0.15, -0.1) is 0 Å². The SMILES string of the molecule is COc1ccccc1CNC[C@H]1Cn2cc(-c3ccccc3OC)nc2CO1. The fourth-order valence-corrected chi connectivity index (χ4v) is 3.52. The number of imidazole rings is 1. The van der Waals surface area contributed by atoms with E-state index in [0.717, 1.165) is 53.8 Å². The maximum atomic E-state index is 6.00. The molecule has 0 unspecified atom stereocenters. The number of benzene rings is 2. The highest BCUT2D eigenvalue weighted by atomic mass is 16.5. The number of fused-ring (bicyclic) bond motifs is 1. The zero-order valence-electron chi connectivity index (χ0n) is 16.2. The number of nitrogens with one attached hydrogen (secondary N) is 1. The minimum absolute atomic E-state index is 0.0990. The standard InChI is InChI=1S/C22H25N3O3/c1-26-20-9-5-3-7-16(20)11-23-12-17-13-25-14-19(24-22(25)15-28-17)18-8-4-6-10-21(18)27-2/h3-10,14,17,23H,11-13,15H2,1-2H3/t17-/m0/s1. The van der Waals surface area contributed by atoms with Crippen LogP contribution in [0.4, 0.5) is 0 Å². The van der Waals surface area contributed by atoms with Crippen LogP contribution in [-0.4, -0.2) is 36.4 Å².